The molecule has 3 heterocycles. The maximum absolute atomic E-state index is 12.9. The Balaban J connectivity index is 1.95. The van der Waals surface area contributed by atoms with Gasteiger partial charge in [-0.05, 0) is 47.1 Å². The lowest BCUT2D eigenvalue weighted by molar-refractivity contribution is 0.0529. The highest BCUT2D eigenvalue weighted by molar-refractivity contribution is 9.10. The molecule has 0 fully saturated rings. The van der Waals surface area contributed by atoms with Crippen molar-refractivity contribution in [2.75, 3.05) is 25.6 Å². The molecular weight excluding hydrogens is 468 g/mol. The average Bonchev–Trinajstić information content (AvgIpc) is 3.32. The molecule has 10 heteroatoms. The minimum absolute atomic E-state index is 0.0799. The molecule has 1 amide bonds. The van der Waals surface area contributed by atoms with Crippen LogP contribution in [0.4, 0.5) is 5.82 Å². The largest absolute Gasteiger partial charge is 0.462 e. The van der Waals surface area contributed by atoms with Gasteiger partial charge in [-0.1, -0.05) is 12.1 Å². The molecule has 0 saturated carbocycles. The lowest BCUT2D eigenvalue weighted by Gasteiger charge is -2.11. The van der Waals surface area contributed by atoms with Crippen LogP contribution in [0.1, 0.15) is 27.8 Å². The second kappa shape index (κ2) is 8.86. The summed E-state index contributed by atoms with van der Waals surface area (Å²) in [5, 5.41) is 2.77. The minimum atomic E-state index is -0.607. The molecule has 31 heavy (non-hydrogen) atoms. The van der Waals surface area contributed by atoms with Gasteiger partial charge in [0.15, 0.2) is 16.1 Å². The molecule has 9 nitrogen and oxygen atoms in total. The van der Waals surface area contributed by atoms with Crippen LogP contribution in [0.5, 0.6) is 0 Å². The highest BCUT2D eigenvalue weighted by Crippen LogP contribution is 2.31. The first kappa shape index (κ1) is 21.0. The van der Waals surface area contributed by atoms with Gasteiger partial charge in [0, 0.05) is 13.7 Å². The van der Waals surface area contributed by atoms with E-state index in [1.54, 1.807) is 24.7 Å². The molecule has 4 aromatic rings. The Morgan fingerprint density at radius 3 is 2.55 bits per heavy atom. The zero-order chi connectivity index (χ0) is 22.0. The summed E-state index contributed by atoms with van der Waals surface area (Å²) in [6, 6.07) is 10.5. The standard InChI is InChI=1S/C21H19BrN4O5/c1-3-30-21(28)16-17-19(24-13-7-5-4-6-12(13)23-17)26(10-11-29-2)18(16)25-20(27)14-8-9-15(22)31-14/h4-9H,3,10-11H2,1-2H3,(H,25,27). The van der Waals surface area contributed by atoms with Gasteiger partial charge in [-0.3, -0.25) is 4.79 Å². The number of ether oxygens (including phenoxy) is 2. The molecule has 3 aromatic heterocycles. The molecule has 0 spiro atoms. The van der Waals surface area contributed by atoms with Crippen molar-refractivity contribution in [3.05, 3.63) is 52.4 Å². The number of fused-ring (bicyclic) bond motifs is 2. The summed E-state index contributed by atoms with van der Waals surface area (Å²) in [6.45, 7) is 2.54. The monoisotopic (exact) mass is 486 g/mol. The number of carbonyl (C=O) groups excluding carboxylic acids is 2. The van der Waals surface area contributed by atoms with E-state index < -0.39 is 11.9 Å². The van der Waals surface area contributed by atoms with E-state index in [9.17, 15) is 9.59 Å². The van der Waals surface area contributed by atoms with Crippen LogP contribution < -0.4 is 5.32 Å². The molecule has 0 atom stereocenters. The normalized spacial score (nSPS) is 11.2. The Hall–Kier alpha value is -3.24. The maximum Gasteiger partial charge on any atom is 0.344 e. The number of furan rings is 1. The van der Waals surface area contributed by atoms with Gasteiger partial charge in [0.05, 0.1) is 24.2 Å². The van der Waals surface area contributed by atoms with Crippen LogP contribution in [0.2, 0.25) is 0 Å². The fourth-order valence-corrected chi connectivity index (χ4v) is 3.54. The van der Waals surface area contributed by atoms with Gasteiger partial charge in [-0.25, -0.2) is 14.8 Å². The second-order valence-electron chi connectivity index (χ2n) is 6.53. The Kier molecular flexibility index (Phi) is 6.01. The lowest BCUT2D eigenvalue weighted by Crippen LogP contribution is -2.19. The Bertz CT molecular complexity index is 1280. The van der Waals surface area contributed by atoms with E-state index in [-0.39, 0.29) is 23.7 Å². The molecule has 0 bridgehead atoms. The summed E-state index contributed by atoms with van der Waals surface area (Å²) >= 11 is 3.18. The lowest BCUT2D eigenvalue weighted by atomic mass is 10.2. The highest BCUT2D eigenvalue weighted by atomic mass is 79.9. The average molecular weight is 487 g/mol. The van der Waals surface area contributed by atoms with Crippen LogP contribution in [0.25, 0.3) is 22.2 Å². The molecule has 1 aromatic carbocycles. The predicted octanol–water partition coefficient (Wildman–Crippen LogP) is 4.02. The number of carbonyl (C=O) groups is 2. The van der Waals surface area contributed by atoms with Gasteiger partial charge in [0.2, 0.25) is 0 Å². The number of benzene rings is 1. The van der Waals surface area contributed by atoms with E-state index in [1.165, 1.54) is 6.07 Å². The molecule has 0 aliphatic rings. The summed E-state index contributed by atoms with van der Waals surface area (Å²) in [5.74, 6) is -0.832. The summed E-state index contributed by atoms with van der Waals surface area (Å²) in [5.41, 5.74) is 2.19. The number of para-hydroxylation sites is 2. The first-order chi connectivity index (χ1) is 15.0. The number of amides is 1. The first-order valence-electron chi connectivity index (χ1n) is 9.55. The number of esters is 1. The van der Waals surface area contributed by atoms with Crippen molar-refractivity contribution in [2.45, 2.75) is 13.5 Å². The van der Waals surface area contributed by atoms with E-state index in [4.69, 9.17) is 18.9 Å². The molecular formula is C21H19BrN4O5. The number of aromatic nitrogens is 3. The van der Waals surface area contributed by atoms with Crippen LogP contribution in [0, 0.1) is 0 Å². The zero-order valence-corrected chi connectivity index (χ0v) is 18.4. The van der Waals surface area contributed by atoms with Gasteiger partial charge >= 0.3 is 5.97 Å². The van der Waals surface area contributed by atoms with E-state index in [2.05, 4.69) is 26.2 Å². The van der Waals surface area contributed by atoms with Crippen LogP contribution in [-0.4, -0.2) is 46.7 Å². The highest BCUT2D eigenvalue weighted by Gasteiger charge is 2.28. The number of hydrogen-bond donors (Lipinski definition) is 1. The minimum Gasteiger partial charge on any atom is -0.462 e. The molecule has 1 N–H and O–H groups in total. The number of hydrogen-bond acceptors (Lipinski definition) is 7. The summed E-state index contributed by atoms with van der Waals surface area (Å²) in [7, 11) is 1.57. The van der Waals surface area contributed by atoms with Gasteiger partial charge in [-0.2, -0.15) is 0 Å². The summed E-state index contributed by atoms with van der Waals surface area (Å²) in [4.78, 5) is 35.1. The molecule has 0 aliphatic heterocycles. The van der Waals surface area contributed by atoms with E-state index in [0.717, 1.165) is 0 Å². The molecule has 0 radical (unpaired) electrons. The van der Waals surface area contributed by atoms with Crippen molar-refractivity contribution in [2.24, 2.45) is 0 Å². The van der Waals surface area contributed by atoms with Crippen molar-refractivity contribution < 1.29 is 23.5 Å². The fraction of sp³-hybridized carbons (Fsp3) is 0.238. The van der Waals surface area contributed by atoms with E-state index >= 15 is 0 Å². The van der Waals surface area contributed by atoms with E-state index in [1.807, 2.05) is 24.3 Å². The maximum atomic E-state index is 12.9. The molecule has 0 saturated heterocycles. The SMILES string of the molecule is CCOC(=O)c1c(NC(=O)c2ccc(Br)o2)n(CCOC)c2nc3ccccc3nc12. The van der Waals surface area contributed by atoms with Gasteiger partial charge in [0.25, 0.3) is 5.91 Å². The first-order valence-corrected chi connectivity index (χ1v) is 10.3. The Morgan fingerprint density at radius 1 is 1.16 bits per heavy atom. The predicted molar refractivity (Wildman–Crippen MR) is 117 cm³/mol. The molecule has 0 unspecified atom stereocenters. The Labute approximate surface area is 185 Å². The third-order valence-corrected chi connectivity index (χ3v) is 5.01. The van der Waals surface area contributed by atoms with Crippen LogP contribution >= 0.6 is 15.9 Å². The third kappa shape index (κ3) is 4.04. The number of nitrogens with one attached hydrogen (secondary N) is 1. The number of methoxy groups -OCH3 is 1. The Morgan fingerprint density at radius 2 is 1.90 bits per heavy atom. The second-order valence-corrected chi connectivity index (χ2v) is 7.31. The van der Waals surface area contributed by atoms with E-state index in [0.29, 0.717) is 40.0 Å². The van der Waals surface area contributed by atoms with Gasteiger partial charge < -0.3 is 23.8 Å². The molecule has 160 valence electrons. The van der Waals surface area contributed by atoms with Crippen LogP contribution in [0.3, 0.4) is 0 Å². The van der Waals surface area contributed by atoms with Crippen molar-refractivity contribution in [3.8, 4) is 0 Å². The number of rotatable bonds is 7. The molecule has 0 aliphatic carbocycles. The van der Waals surface area contributed by atoms with Gasteiger partial charge in [-0.15, -0.1) is 0 Å². The topological polar surface area (TPSA) is 108 Å². The summed E-state index contributed by atoms with van der Waals surface area (Å²) < 4.78 is 17.9. The molecule has 4 rings (SSSR count). The summed E-state index contributed by atoms with van der Waals surface area (Å²) in [6.07, 6.45) is 0. The fourth-order valence-electron chi connectivity index (χ4n) is 3.23. The quantitative estimate of drug-likeness (QED) is 0.393. The number of nitrogens with zero attached hydrogens (tertiary/aromatic N) is 3. The number of anilines is 1. The van der Waals surface area contributed by atoms with Crippen molar-refractivity contribution in [1.29, 1.82) is 0 Å². The van der Waals surface area contributed by atoms with Crippen molar-refractivity contribution in [3.63, 3.8) is 0 Å². The van der Waals surface area contributed by atoms with Crippen LogP contribution in [0.15, 0.2) is 45.5 Å². The van der Waals surface area contributed by atoms with Crippen molar-refractivity contribution in [1.82, 2.24) is 14.5 Å². The van der Waals surface area contributed by atoms with Gasteiger partial charge in [0.1, 0.15) is 16.9 Å². The zero-order valence-electron chi connectivity index (χ0n) is 16.8. The third-order valence-electron chi connectivity index (χ3n) is 4.58. The smallest absolute Gasteiger partial charge is 0.344 e. The van der Waals surface area contributed by atoms with Crippen molar-refractivity contribution >= 4 is 55.8 Å². The van der Waals surface area contributed by atoms with Crippen LogP contribution in [-0.2, 0) is 16.0 Å². The number of halogens is 1.